The maximum absolute atomic E-state index is 9.27. The molecule has 0 bridgehead atoms. The second-order valence-corrected chi connectivity index (χ2v) is 3.96. The molecule has 1 aromatic carbocycles. The molecule has 0 saturated heterocycles. The van der Waals surface area contributed by atoms with Crippen molar-refractivity contribution in [2.45, 2.75) is 13.5 Å². The van der Waals surface area contributed by atoms with Crippen LogP contribution in [0, 0.1) is 6.92 Å². The highest BCUT2D eigenvalue weighted by atomic mass is 35.5. The first-order valence-corrected chi connectivity index (χ1v) is 5.28. The molecule has 0 amide bonds. The Bertz CT molecular complexity index is 540. The number of fused-ring (bicyclic) bond motifs is 1. The van der Waals surface area contributed by atoms with Crippen LogP contribution in [-0.2, 0) is 6.61 Å². The van der Waals surface area contributed by atoms with Crippen molar-refractivity contribution in [3.63, 3.8) is 0 Å². The number of methoxy groups -OCH3 is 1. The Kier molecular flexibility index (Phi) is 2.99. The lowest BCUT2D eigenvalue weighted by atomic mass is 10.1. The first-order valence-electron chi connectivity index (χ1n) is 4.91. The largest absolute Gasteiger partial charge is 0.494 e. The van der Waals surface area contributed by atoms with Gasteiger partial charge < -0.3 is 9.84 Å². The number of aliphatic hydroxyl groups is 1. The third kappa shape index (κ3) is 1.72. The van der Waals surface area contributed by atoms with Crippen LogP contribution in [0.25, 0.3) is 10.9 Å². The van der Waals surface area contributed by atoms with E-state index in [0.717, 1.165) is 16.6 Å². The summed E-state index contributed by atoms with van der Waals surface area (Å²) in [4.78, 5) is 4.40. The maximum atomic E-state index is 9.27. The van der Waals surface area contributed by atoms with Crippen LogP contribution < -0.4 is 4.74 Å². The van der Waals surface area contributed by atoms with E-state index in [1.54, 1.807) is 25.3 Å². The Labute approximate surface area is 98.6 Å². The number of ether oxygens (including phenoxy) is 1. The lowest BCUT2D eigenvalue weighted by Gasteiger charge is -2.10. The van der Waals surface area contributed by atoms with Gasteiger partial charge in [-0.05, 0) is 24.6 Å². The third-order valence-electron chi connectivity index (χ3n) is 2.48. The van der Waals surface area contributed by atoms with Crippen LogP contribution in [0.4, 0.5) is 0 Å². The molecular formula is C12H12ClNO2. The smallest absolute Gasteiger partial charge is 0.145 e. The summed E-state index contributed by atoms with van der Waals surface area (Å²) in [6, 6.07) is 5.36. The second-order valence-electron chi connectivity index (χ2n) is 3.55. The molecule has 0 aliphatic carbocycles. The van der Waals surface area contributed by atoms with Gasteiger partial charge in [-0.15, -0.1) is 0 Å². The summed E-state index contributed by atoms with van der Waals surface area (Å²) in [6.07, 6.45) is 0. The van der Waals surface area contributed by atoms with Crippen LogP contribution in [0.3, 0.4) is 0 Å². The highest BCUT2D eigenvalue weighted by Crippen LogP contribution is 2.32. The molecular weight excluding hydrogens is 226 g/mol. The van der Waals surface area contributed by atoms with E-state index >= 15 is 0 Å². The molecule has 0 radical (unpaired) electrons. The van der Waals surface area contributed by atoms with E-state index in [2.05, 4.69) is 4.98 Å². The van der Waals surface area contributed by atoms with Crippen molar-refractivity contribution in [1.82, 2.24) is 4.98 Å². The molecule has 4 heteroatoms. The fourth-order valence-corrected chi connectivity index (χ4v) is 2.12. The van der Waals surface area contributed by atoms with Crippen LogP contribution >= 0.6 is 11.6 Å². The number of aliphatic hydroxyl groups excluding tert-OH is 1. The zero-order valence-corrected chi connectivity index (χ0v) is 9.88. The number of halogens is 1. The van der Waals surface area contributed by atoms with E-state index < -0.39 is 0 Å². The number of nitrogens with zero attached hydrogens (tertiary/aromatic N) is 1. The molecule has 0 aliphatic heterocycles. The summed E-state index contributed by atoms with van der Waals surface area (Å²) in [6.45, 7) is 1.81. The average molecular weight is 238 g/mol. The van der Waals surface area contributed by atoms with Crippen LogP contribution in [0.1, 0.15) is 11.3 Å². The minimum atomic E-state index is -0.0645. The summed E-state index contributed by atoms with van der Waals surface area (Å²) in [5.41, 5.74) is 2.28. The quantitative estimate of drug-likeness (QED) is 0.873. The number of aryl methyl sites for hydroxylation is 1. The molecule has 0 atom stereocenters. The normalized spacial score (nSPS) is 10.8. The van der Waals surface area contributed by atoms with E-state index in [4.69, 9.17) is 16.3 Å². The van der Waals surface area contributed by atoms with Crippen molar-refractivity contribution >= 4 is 22.5 Å². The number of hydrogen-bond donors (Lipinski definition) is 1. The van der Waals surface area contributed by atoms with Gasteiger partial charge in [0.15, 0.2) is 0 Å². The van der Waals surface area contributed by atoms with Crippen LogP contribution in [0.15, 0.2) is 18.2 Å². The second kappa shape index (κ2) is 4.28. The molecule has 84 valence electrons. The lowest BCUT2D eigenvalue weighted by molar-refractivity contribution is 0.283. The van der Waals surface area contributed by atoms with Crippen molar-refractivity contribution in [3.8, 4) is 5.75 Å². The van der Waals surface area contributed by atoms with Crippen LogP contribution in [0.2, 0.25) is 5.02 Å². The lowest BCUT2D eigenvalue weighted by Crippen LogP contribution is -1.94. The van der Waals surface area contributed by atoms with Gasteiger partial charge in [0, 0.05) is 11.1 Å². The summed E-state index contributed by atoms with van der Waals surface area (Å²) in [7, 11) is 1.59. The average Bonchev–Trinajstić information content (AvgIpc) is 2.27. The number of pyridine rings is 1. The fourth-order valence-electron chi connectivity index (χ4n) is 1.75. The van der Waals surface area contributed by atoms with E-state index in [0.29, 0.717) is 16.3 Å². The monoisotopic (exact) mass is 237 g/mol. The van der Waals surface area contributed by atoms with Gasteiger partial charge in [0.2, 0.25) is 0 Å². The Balaban J connectivity index is 2.90. The van der Waals surface area contributed by atoms with Crippen molar-refractivity contribution in [2.75, 3.05) is 7.11 Å². The molecule has 0 fully saturated rings. The molecule has 1 heterocycles. The van der Waals surface area contributed by atoms with Gasteiger partial charge in [0.25, 0.3) is 0 Å². The molecule has 0 unspecified atom stereocenters. The molecule has 0 spiro atoms. The van der Waals surface area contributed by atoms with Crippen LogP contribution in [-0.4, -0.2) is 17.2 Å². The van der Waals surface area contributed by atoms with E-state index in [-0.39, 0.29) is 6.61 Å². The summed E-state index contributed by atoms with van der Waals surface area (Å²) >= 11 is 6.17. The molecule has 3 nitrogen and oxygen atoms in total. The van der Waals surface area contributed by atoms with Crippen molar-refractivity contribution in [3.05, 3.63) is 34.5 Å². The maximum Gasteiger partial charge on any atom is 0.145 e. The fraction of sp³-hybridized carbons (Fsp3) is 0.250. The van der Waals surface area contributed by atoms with Gasteiger partial charge in [0.05, 0.1) is 18.7 Å². The molecule has 2 aromatic rings. The summed E-state index contributed by atoms with van der Waals surface area (Å²) in [5, 5.41) is 10.6. The number of aromatic nitrogens is 1. The molecule has 0 saturated carbocycles. The number of benzene rings is 1. The highest BCUT2D eigenvalue weighted by Gasteiger charge is 2.11. The van der Waals surface area contributed by atoms with Gasteiger partial charge in [-0.2, -0.15) is 0 Å². The van der Waals surface area contributed by atoms with E-state index in [1.807, 2.05) is 6.92 Å². The van der Waals surface area contributed by atoms with Gasteiger partial charge in [-0.1, -0.05) is 17.7 Å². The Morgan fingerprint density at radius 1 is 1.44 bits per heavy atom. The predicted molar refractivity (Wildman–Crippen MR) is 64.0 cm³/mol. The summed E-state index contributed by atoms with van der Waals surface area (Å²) < 4.78 is 5.23. The Hall–Kier alpha value is -1.32. The Morgan fingerprint density at radius 3 is 2.81 bits per heavy atom. The SMILES string of the molecule is COc1ccc(CO)c2c(Cl)cc(C)nc12. The first kappa shape index (κ1) is 11.2. The third-order valence-corrected chi connectivity index (χ3v) is 2.78. The molecule has 0 aliphatic rings. The van der Waals surface area contributed by atoms with E-state index in [1.165, 1.54) is 0 Å². The Morgan fingerprint density at radius 2 is 2.19 bits per heavy atom. The van der Waals surface area contributed by atoms with Crippen molar-refractivity contribution in [1.29, 1.82) is 0 Å². The van der Waals surface area contributed by atoms with Crippen LogP contribution in [0.5, 0.6) is 5.75 Å². The van der Waals surface area contributed by atoms with Crippen molar-refractivity contribution < 1.29 is 9.84 Å². The number of rotatable bonds is 2. The van der Waals surface area contributed by atoms with Gasteiger partial charge >= 0.3 is 0 Å². The first-order chi connectivity index (χ1) is 7.67. The molecule has 16 heavy (non-hydrogen) atoms. The minimum Gasteiger partial charge on any atom is -0.494 e. The topological polar surface area (TPSA) is 42.4 Å². The van der Waals surface area contributed by atoms with Gasteiger partial charge in [-0.25, -0.2) is 4.98 Å². The zero-order valence-electron chi connectivity index (χ0n) is 9.12. The predicted octanol–water partition coefficient (Wildman–Crippen LogP) is 2.70. The minimum absolute atomic E-state index is 0.0645. The zero-order chi connectivity index (χ0) is 11.7. The summed E-state index contributed by atoms with van der Waals surface area (Å²) in [5.74, 6) is 0.665. The standard InChI is InChI=1S/C12H12ClNO2/c1-7-5-9(13)11-8(6-15)3-4-10(16-2)12(11)14-7/h3-5,15H,6H2,1-2H3. The van der Waals surface area contributed by atoms with Gasteiger partial charge in [-0.3, -0.25) is 0 Å². The van der Waals surface area contributed by atoms with E-state index in [9.17, 15) is 5.11 Å². The highest BCUT2D eigenvalue weighted by molar-refractivity contribution is 6.35. The van der Waals surface area contributed by atoms with Gasteiger partial charge in [0.1, 0.15) is 11.3 Å². The molecule has 2 rings (SSSR count). The molecule has 1 N–H and O–H groups in total. The van der Waals surface area contributed by atoms with Crippen molar-refractivity contribution in [2.24, 2.45) is 0 Å². The molecule has 1 aromatic heterocycles. The number of hydrogen-bond acceptors (Lipinski definition) is 3.